The van der Waals surface area contributed by atoms with Gasteiger partial charge in [0.25, 0.3) is 0 Å². The molecule has 0 saturated heterocycles. The Morgan fingerprint density at radius 3 is 2.50 bits per heavy atom. The quantitative estimate of drug-likeness (QED) is 0.513. The molecule has 0 spiro atoms. The molecule has 1 amide bonds. The first-order valence-corrected chi connectivity index (χ1v) is 3.77. The fourth-order valence-electron chi connectivity index (χ4n) is 0.698. The molecule has 0 aliphatic carbocycles. The van der Waals surface area contributed by atoms with Crippen molar-refractivity contribution in [3.05, 3.63) is 0 Å². The first-order chi connectivity index (χ1) is 5.74. The van der Waals surface area contributed by atoms with Crippen molar-refractivity contribution in [1.29, 1.82) is 0 Å². The molecule has 5 heteroatoms. The van der Waals surface area contributed by atoms with Gasteiger partial charge in [0.15, 0.2) is 6.29 Å². The third-order valence-electron chi connectivity index (χ3n) is 1.34. The van der Waals surface area contributed by atoms with Gasteiger partial charge in [-0.1, -0.05) is 0 Å². The van der Waals surface area contributed by atoms with Crippen molar-refractivity contribution < 1.29 is 14.3 Å². The SMILES string of the molecule is COC(CC(=O)NCCN)OC. The van der Waals surface area contributed by atoms with Crippen LogP contribution in [0.15, 0.2) is 0 Å². The van der Waals surface area contributed by atoms with Crippen molar-refractivity contribution in [1.82, 2.24) is 5.32 Å². The average Bonchev–Trinajstić information content (AvgIpc) is 2.10. The molecule has 5 nitrogen and oxygen atoms in total. The van der Waals surface area contributed by atoms with E-state index in [-0.39, 0.29) is 12.3 Å². The lowest BCUT2D eigenvalue weighted by Gasteiger charge is -2.12. The number of nitrogens with two attached hydrogens (primary N) is 1. The first-order valence-electron chi connectivity index (χ1n) is 3.77. The molecule has 3 N–H and O–H groups in total. The Balaban J connectivity index is 3.52. The van der Waals surface area contributed by atoms with E-state index in [1.165, 1.54) is 14.2 Å². The molecule has 0 aliphatic rings. The van der Waals surface area contributed by atoms with Gasteiger partial charge in [-0.05, 0) is 0 Å². The maximum Gasteiger partial charge on any atom is 0.225 e. The van der Waals surface area contributed by atoms with Gasteiger partial charge < -0.3 is 20.5 Å². The molecule has 0 heterocycles. The van der Waals surface area contributed by atoms with Crippen molar-refractivity contribution >= 4 is 5.91 Å². The summed E-state index contributed by atoms with van der Waals surface area (Å²) in [4.78, 5) is 11.0. The van der Waals surface area contributed by atoms with E-state index in [1.54, 1.807) is 0 Å². The predicted octanol–water partition coefficient (Wildman–Crippen LogP) is -0.930. The zero-order chi connectivity index (χ0) is 9.40. The van der Waals surface area contributed by atoms with Crippen LogP contribution >= 0.6 is 0 Å². The van der Waals surface area contributed by atoms with E-state index in [9.17, 15) is 4.79 Å². The summed E-state index contributed by atoms with van der Waals surface area (Å²) in [5, 5.41) is 2.61. The standard InChI is InChI=1S/C7H16N2O3/c1-11-7(12-2)5-6(10)9-4-3-8/h7H,3-5,8H2,1-2H3,(H,9,10). The van der Waals surface area contributed by atoms with Gasteiger partial charge in [0.1, 0.15) is 0 Å². The van der Waals surface area contributed by atoms with E-state index in [2.05, 4.69) is 5.32 Å². The van der Waals surface area contributed by atoms with Gasteiger partial charge in [-0.25, -0.2) is 0 Å². The number of ether oxygens (including phenoxy) is 2. The monoisotopic (exact) mass is 176 g/mol. The summed E-state index contributed by atoms with van der Waals surface area (Å²) >= 11 is 0. The van der Waals surface area contributed by atoms with Crippen LogP contribution < -0.4 is 11.1 Å². The van der Waals surface area contributed by atoms with Crippen LogP contribution in [0.2, 0.25) is 0 Å². The van der Waals surface area contributed by atoms with Crippen LogP contribution in [0.25, 0.3) is 0 Å². The molecule has 0 aliphatic heterocycles. The van der Waals surface area contributed by atoms with Crippen molar-refractivity contribution in [2.75, 3.05) is 27.3 Å². The number of nitrogens with one attached hydrogen (secondary N) is 1. The highest BCUT2D eigenvalue weighted by atomic mass is 16.7. The van der Waals surface area contributed by atoms with Crippen LogP contribution in [0.3, 0.4) is 0 Å². The topological polar surface area (TPSA) is 73.6 Å². The van der Waals surface area contributed by atoms with Gasteiger partial charge in [0, 0.05) is 27.3 Å². The van der Waals surface area contributed by atoms with Crippen molar-refractivity contribution in [3.63, 3.8) is 0 Å². The Bertz CT molecular complexity index is 126. The van der Waals surface area contributed by atoms with Gasteiger partial charge in [-0.3, -0.25) is 4.79 Å². The molecule has 0 saturated carbocycles. The lowest BCUT2D eigenvalue weighted by Crippen LogP contribution is -2.32. The van der Waals surface area contributed by atoms with Gasteiger partial charge in [0.05, 0.1) is 6.42 Å². The largest absolute Gasteiger partial charge is 0.355 e. The second kappa shape index (κ2) is 7.02. The Labute approximate surface area is 72.2 Å². The van der Waals surface area contributed by atoms with Crippen LogP contribution in [0.5, 0.6) is 0 Å². The van der Waals surface area contributed by atoms with Crippen molar-refractivity contribution in [2.45, 2.75) is 12.7 Å². The van der Waals surface area contributed by atoms with E-state index in [1.807, 2.05) is 0 Å². The Morgan fingerprint density at radius 2 is 2.08 bits per heavy atom. The van der Waals surface area contributed by atoms with Gasteiger partial charge >= 0.3 is 0 Å². The lowest BCUT2D eigenvalue weighted by molar-refractivity contribution is -0.139. The number of carbonyl (C=O) groups excluding carboxylic acids is 1. The summed E-state index contributed by atoms with van der Waals surface area (Å²) in [7, 11) is 2.98. The molecular weight excluding hydrogens is 160 g/mol. The summed E-state index contributed by atoms with van der Waals surface area (Å²) < 4.78 is 9.67. The molecule has 0 radical (unpaired) electrons. The van der Waals surface area contributed by atoms with Crippen LogP contribution in [0.4, 0.5) is 0 Å². The molecule has 72 valence electrons. The predicted molar refractivity (Wildman–Crippen MR) is 44.5 cm³/mol. The number of rotatable bonds is 6. The second-order valence-corrected chi connectivity index (χ2v) is 2.24. The summed E-state index contributed by atoms with van der Waals surface area (Å²) in [6.45, 7) is 0.926. The molecule has 0 atom stereocenters. The molecule has 0 aromatic heterocycles. The Morgan fingerprint density at radius 1 is 1.50 bits per heavy atom. The minimum Gasteiger partial charge on any atom is -0.355 e. The highest BCUT2D eigenvalue weighted by Crippen LogP contribution is 1.96. The molecule has 0 fully saturated rings. The summed E-state index contributed by atoms with van der Waals surface area (Å²) in [6, 6.07) is 0. The van der Waals surface area contributed by atoms with Crippen LogP contribution in [-0.4, -0.2) is 39.5 Å². The van der Waals surface area contributed by atoms with E-state index in [4.69, 9.17) is 15.2 Å². The van der Waals surface area contributed by atoms with Gasteiger partial charge in [-0.2, -0.15) is 0 Å². The fourth-order valence-corrected chi connectivity index (χ4v) is 0.698. The zero-order valence-electron chi connectivity index (χ0n) is 7.50. The number of amides is 1. The summed E-state index contributed by atoms with van der Waals surface area (Å²) in [5.74, 6) is -0.117. The Kier molecular flexibility index (Phi) is 6.64. The highest BCUT2D eigenvalue weighted by Gasteiger charge is 2.10. The summed E-state index contributed by atoms with van der Waals surface area (Å²) in [6.07, 6.45) is -0.268. The van der Waals surface area contributed by atoms with Crippen molar-refractivity contribution in [3.8, 4) is 0 Å². The Hall–Kier alpha value is -0.650. The van der Waals surface area contributed by atoms with E-state index in [0.717, 1.165) is 0 Å². The number of hydrogen-bond donors (Lipinski definition) is 2. The third kappa shape index (κ3) is 5.06. The summed E-state index contributed by atoms with van der Waals surface area (Å²) in [5.41, 5.74) is 5.20. The third-order valence-corrected chi connectivity index (χ3v) is 1.34. The minimum absolute atomic E-state index is 0.117. The van der Waals surface area contributed by atoms with E-state index in [0.29, 0.717) is 13.1 Å². The van der Waals surface area contributed by atoms with Crippen LogP contribution in [0, 0.1) is 0 Å². The lowest BCUT2D eigenvalue weighted by atomic mass is 10.4. The molecule has 0 unspecified atom stereocenters. The van der Waals surface area contributed by atoms with E-state index < -0.39 is 6.29 Å². The number of carbonyl (C=O) groups is 1. The normalized spacial score (nSPS) is 10.3. The zero-order valence-corrected chi connectivity index (χ0v) is 7.50. The number of methoxy groups -OCH3 is 2. The van der Waals surface area contributed by atoms with Crippen LogP contribution in [-0.2, 0) is 14.3 Å². The average molecular weight is 176 g/mol. The maximum atomic E-state index is 11.0. The molecular formula is C7H16N2O3. The van der Waals surface area contributed by atoms with Crippen LogP contribution in [0.1, 0.15) is 6.42 Å². The molecule has 0 rings (SSSR count). The maximum absolute atomic E-state index is 11.0. The second-order valence-electron chi connectivity index (χ2n) is 2.24. The smallest absolute Gasteiger partial charge is 0.225 e. The minimum atomic E-state index is -0.470. The molecule has 0 aromatic rings. The van der Waals surface area contributed by atoms with Gasteiger partial charge in [0.2, 0.25) is 5.91 Å². The fraction of sp³-hybridized carbons (Fsp3) is 0.857. The highest BCUT2D eigenvalue weighted by molar-refractivity contribution is 5.76. The molecule has 0 aromatic carbocycles. The van der Waals surface area contributed by atoms with Gasteiger partial charge in [-0.15, -0.1) is 0 Å². The molecule has 12 heavy (non-hydrogen) atoms. The van der Waals surface area contributed by atoms with Crippen molar-refractivity contribution in [2.24, 2.45) is 5.73 Å². The number of hydrogen-bond acceptors (Lipinski definition) is 4. The first kappa shape index (κ1) is 11.4. The van der Waals surface area contributed by atoms with E-state index >= 15 is 0 Å². The molecule has 0 bridgehead atoms.